The predicted octanol–water partition coefficient (Wildman–Crippen LogP) is 4.49. The molecule has 1 aromatic heterocycles. The van der Waals surface area contributed by atoms with Crippen molar-refractivity contribution in [2.45, 2.75) is 13.5 Å². The maximum atomic E-state index is 9.54. The third-order valence-corrected chi connectivity index (χ3v) is 4.00. The summed E-state index contributed by atoms with van der Waals surface area (Å²) < 4.78 is 7.04. The molecule has 0 amide bonds. The van der Waals surface area contributed by atoms with Gasteiger partial charge in [-0.1, -0.05) is 18.2 Å². The van der Waals surface area contributed by atoms with Gasteiger partial charge in [-0.05, 0) is 41.5 Å². The summed E-state index contributed by atoms with van der Waals surface area (Å²) in [6.45, 7) is 2.46. The maximum Gasteiger partial charge on any atom is 0.123 e. The Balaban J connectivity index is 1.82. The summed E-state index contributed by atoms with van der Waals surface area (Å²) >= 11 is 1.73. The summed E-state index contributed by atoms with van der Waals surface area (Å²) in [7, 11) is 0. The molecule has 1 N–H and O–H groups in total. The highest BCUT2D eigenvalue weighted by Gasteiger charge is 2.05. The van der Waals surface area contributed by atoms with E-state index >= 15 is 0 Å². The van der Waals surface area contributed by atoms with Crippen molar-refractivity contribution in [3.8, 4) is 11.5 Å². The molecule has 0 aliphatic rings. The summed E-state index contributed by atoms with van der Waals surface area (Å²) in [5, 5.41) is 12.9. The molecule has 3 rings (SSSR count). The molecule has 2 nitrogen and oxygen atoms in total. The number of phenolic OH excluding ortho intramolecular Hbond substituents is 1. The molecule has 1 heterocycles. The monoisotopic (exact) mass is 270 g/mol. The molecule has 19 heavy (non-hydrogen) atoms. The molecule has 0 aliphatic carbocycles. The van der Waals surface area contributed by atoms with Crippen LogP contribution in [-0.2, 0) is 6.61 Å². The van der Waals surface area contributed by atoms with Crippen molar-refractivity contribution in [2.24, 2.45) is 0 Å². The highest BCUT2D eigenvalue weighted by Crippen LogP contribution is 2.27. The average Bonchev–Trinajstić information content (AvgIpc) is 2.78. The molecule has 96 valence electrons. The zero-order valence-electron chi connectivity index (χ0n) is 10.6. The van der Waals surface area contributed by atoms with Crippen LogP contribution >= 0.6 is 11.3 Å². The molecular weight excluding hydrogens is 256 g/mol. The normalized spacial score (nSPS) is 10.8. The number of rotatable bonds is 3. The van der Waals surface area contributed by atoms with Crippen LogP contribution in [0.4, 0.5) is 0 Å². The van der Waals surface area contributed by atoms with Gasteiger partial charge in [0, 0.05) is 16.3 Å². The highest BCUT2D eigenvalue weighted by atomic mass is 32.1. The minimum atomic E-state index is 0.241. The SMILES string of the molecule is Cc1cc(O)cc(OCc2csc3ccccc23)c1. The number of hydrogen-bond acceptors (Lipinski definition) is 3. The van der Waals surface area contributed by atoms with E-state index in [4.69, 9.17) is 4.74 Å². The lowest BCUT2D eigenvalue weighted by molar-refractivity contribution is 0.306. The fourth-order valence-corrected chi connectivity index (χ4v) is 3.06. The van der Waals surface area contributed by atoms with Crippen LogP contribution in [0.15, 0.2) is 47.8 Å². The van der Waals surface area contributed by atoms with E-state index in [1.54, 1.807) is 23.5 Å². The zero-order valence-corrected chi connectivity index (χ0v) is 11.4. The first-order chi connectivity index (χ1) is 9.22. The first-order valence-corrected chi connectivity index (χ1v) is 6.99. The van der Waals surface area contributed by atoms with E-state index in [-0.39, 0.29) is 5.75 Å². The number of fused-ring (bicyclic) bond motifs is 1. The van der Waals surface area contributed by atoms with Gasteiger partial charge < -0.3 is 9.84 Å². The molecule has 0 atom stereocenters. The van der Waals surface area contributed by atoms with Crippen molar-refractivity contribution >= 4 is 21.4 Å². The van der Waals surface area contributed by atoms with Crippen molar-refractivity contribution in [2.75, 3.05) is 0 Å². The summed E-state index contributed by atoms with van der Waals surface area (Å²) in [6.07, 6.45) is 0. The fraction of sp³-hybridized carbons (Fsp3) is 0.125. The Morgan fingerprint density at radius 2 is 2.00 bits per heavy atom. The summed E-state index contributed by atoms with van der Waals surface area (Å²) in [4.78, 5) is 0. The van der Waals surface area contributed by atoms with Gasteiger partial charge in [-0.15, -0.1) is 11.3 Å². The van der Waals surface area contributed by atoms with Crippen molar-refractivity contribution in [3.05, 3.63) is 59.0 Å². The average molecular weight is 270 g/mol. The zero-order chi connectivity index (χ0) is 13.2. The second kappa shape index (κ2) is 4.94. The molecule has 0 bridgehead atoms. The molecule has 3 heteroatoms. The first kappa shape index (κ1) is 12.1. The standard InChI is InChI=1S/C16H14O2S/c1-11-6-13(17)8-14(7-11)18-9-12-10-19-16-5-3-2-4-15(12)16/h2-8,10,17H,9H2,1H3. The minimum Gasteiger partial charge on any atom is -0.508 e. The summed E-state index contributed by atoms with van der Waals surface area (Å²) in [5.41, 5.74) is 2.17. The smallest absolute Gasteiger partial charge is 0.123 e. The molecule has 0 unspecified atom stereocenters. The molecule has 0 saturated carbocycles. The van der Waals surface area contributed by atoms with E-state index in [1.165, 1.54) is 15.6 Å². The molecule has 0 spiro atoms. The van der Waals surface area contributed by atoms with Crippen molar-refractivity contribution < 1.29 is 9.84 Å². The number of ether oxygens (including phenoxy) is 1. The van der Waals surface area contributed by atoms with Gasteiger partial charge in [0.1, 0.15) is 18.1 Å². The Bertz CT molecular complexity index is 695. The number of hydrogen-bond donors (Lipinski definition) is 1. The van der Waals surface area contributed by atoms with Crippen molar-refractivity contribution in [1.82, 2.24) is 0 Å². The van der Waals surface area contributed by atoms with Gasteiger partial charge in [0.15, 0.2) is 0 Å². The second-order valence-electron chi connectivity index (χ2n) is 4.55. The predicted molar refractivity (Wildman–Crippen MR) is 79.0 cm³/mol. The van der Waals surface area contributed by atoms with Gasteiger partial charge in [0.05, 0.1) is 0 Å². The van der Waals surface area contributed by atoms with Crippen LogP contribution in [0.5, 0.6) is 11.5 Å². The van der Waals surface area contributed by atoms with Crippen LogP contribution in [0.2, 0.25) is 0 Å². The molecule has 0 fully saturated rings. The van der Waals surface area contributed by atoms with E-state index in [9.17, 15) is 5.11 Å². The van der Waals surface area contributed by atoms with E-state index < -0.39 is 0 Å². The summed E-state index contributed by atoms with van der Waals surface area (Å²) in [6, 6.07) is 13.6. The number of thiophene rings is 1. The van der Waals surface area contributed by atoms with E-state index in [1.807, 2.05) is 25.1 Å². The molecular formula is C16H14O2S. The van der Waals surface area contributed by atoms with Crippen LogP contribution in [0, 0.1) is 6.92 Å². The lowest BCUT2D eigenvalue weighted by Crippen LogP contribution is -1.94. The Kier molecular flexibility index (Phi) is 3.13. The van der Waals surface area contributed by atoms with E-state index in [0.29, 0.717) is 12.4 Å². The van der Waals surface area contributed by atoms with Gasteiger partial charge in [0.25, 0.3) is 0 Å². The first-order valence-electron chi connectivity index (χ1n) is 6.11. The van der Waals surface area contributed by atoms with Gasteiger partial charge in [0.2, 0.25) is 0 Å². The topological polar surface area (TPSA) is 29.5 Å². The van der Waals surface area contributed by atoms with Crippen LogP contribution in [0.25, 0.3) is 10.1 Å². The molecule has 2 aromatic carbocycles. The van der Waals surface area contributed by atoms with E-state index in [2.05, 4.69) is 17.5 Å². The van der Waals surface area contributed by atoms with Crippen molar-refractivity contribution in [3.63, 3.8) is 0 Å². The lowest BCUT2D eigenvalue weighted by Gasteiger charge is -2.07. The van der Waals surface area contributed by atoms with E-state index in [0.717, 1.165) is 5.56 Å². The van der Waals surface area contributed by atoms with Crippen molar-refractivity contribution in [1.29, 1.82) is 0 Å². The second-order valence-corrected chi connectivity index (χ2v) is 5.46. The van der Waals surface area contributed by atoms with Crippen LogP contribution < -0.4 is 4.74 Å². The number of phenols is 1. The lowest BCUT2D eigenvalue weighted by atomic mass is 10.2. The van der Waals surface area contributed by atoms with Gasteiger partial charge in [-0.2, -0.15) is 0 Å². The van der Waals surface area contributed by atoms with Crippen LogP contribution in [0.1, 0.15) is 11.1 Å². The van der Waals surface area contributed by atoms with Gasteiger partial charge >= 0.3 is 0 Å². The highest BCUT2D eigenvalue weighted by molar-refractivity contribution is 7.17. The number of aryl methyl sites for hydroxylation is 1. The largest absolute Gasteiger partial charge is 0.508 e. The number of aromatic hydroxyl groups is 1. The van der Waals surface area contributed by atoms with Gasteiger partial charge in [-0.25, -0.2) is 0 Å². The Hall–Kier alpha value is -2.00. The third-order valence-electron chi connectivity index (χ3n) is 2.99. The molecule has 0 radical (unpaired) electrons. The third kappa shape index (κ3) is 2.56. The minimum absolute atomic E-state index is 0.241. The Labute approximate surface area is 115 Å². The number of benzene rings is 2. The fourth-order valence-electron chi connectivity index (χ4n) is 2.12. The summed E-state index contributed by atoms with van der Waals surface area (Å²) in [5.74, 6) is 0.943. The molecule has 0 aliphatic heterocycles. The van der Waals surface area contributed by atoms with Gasteiger partial charge in [-0.3, -0.25) is 0 Å². The molecule has 0 saturated heterocycles. The van der Waals surface area contributed by atoms with Crippen LogP contribution in [0.3, 0.4) is 0 Å². The Morgan fingerprint density at radius 1 is 1.16 bits per heavy atom. The quantitative estimate of drug-likeness (QED) is 0.759. The Morgan fingerprint density at radius 3 is 2.84 bits per heavy atom. The molecule has 3 aromatic rings. The van der Waals surface area contributed by atoms with Crippen LogP contribution in [-0.4, -0.2) is 5.11 Å². The maximum absolute atomic E-state index is 9.54.